The molecule has 1 amide bonds. The Morgan fingerprint density at radius 3 is 2.21 bits per heavy atom. The Morgan fingerprint density at radius 1 is 0.879 bits per heavy atom. The molecular formula is C26H29N3O3S. The fraction of sp³-hybridized carbons (Fsp3) is 0.269. The van der Waals surface area contributed by atoms with Gasteiger partial charge in [-0.05, 0) is 86.4 Å². The van der Waals surface area contributed by atoms with E-state index in [0.717, 1.165) is 25.2 Å². The van der Waals surface area contributed by atoms with Gasteiger partial charge in [0.25, 0.3) is 15.9 Å². The highest BCUT2D eigenvalue weighted by Crippen LogP contribution is 2.21. The zero-order chi connectivity index (χ0) is 23.3. The summed E-state index contributed by atoms with van der Waals surface area (Å²) in [6, 6.07) is 21.0. The molecule has 4 rings (SSSR count). The second-order valence-corrected chi connectivity index (χ2v) is 10.1. The van der Waals surface area contributed by atoms with Crippen molar-refractivity contribution in [3.63, 3.8) is 0 Å². The Hall–Kier alpha value is -3.16. The van der Waals surface area contributed by atoms with Crippen LogP contribution in [-0.4, -0.2) is 32.3 Å². The number of anilines is 2. The molecule has 0 unspecified atom stereocenters. The highest BCUT2D eigenvalue weighted by Gasteiger charge is 2.16. The molecule has 7 heteroatoms. The summed E-state index contributed by atoms with van der Waals surface area (Å²) in [7, 11) is -3.72. The van der Waals surface area contributed by atoms with Gasteiger partial charge in [0, 0.05) is 17.8 Å². The average Bonchev–Trinajstić information content (AvgIpc) is 2.82. The first kappa shape index (κ1) is 23.0. The summed E-state index contributed by atoms with van der Waals surface area (Å²) in [5, 5.41) is 2.83. The standard InChI is InChI=1S/C26H29N3O3S/c1-20-7-3-4-8-25(20)28-33(31,32)24-15-13-23(14-16-24)27-26(30)22-11-9-21(10-12-22)19-29-17-5-2-6-18-29/h3-4,7-16,28H,2,5-6,17-19H2,1H3,(H,27,30). The summed E-state index contributed by atoms with van der Waals surface area (Å²) in [5.74, 6) is -0.229. The maximum Gasteiger partial charge on any atom is 0.261 e. The number of sulfonamides is 1. The van der Waals surface area contributed by atoms with Crippen molar-refractivity contribution >= 4 is 27.3 Å². The summed E-state index contributed by atoms with van der Waals surface area (Å²) < 4.78 is 28.0. The van der Waals surface area contributed by atoms with Crippen LogP contribution in [-0.2, 0) is 16.6 Å². The molecule has 0 aromatic heterocycles. The number of benzene rings is 3. The van der Waals surface area contributed by atoms with Gasteiger partial charge in [-0.1, -0.05) is 36.8 Å². The molecule has 3 aromatic carbocycles. The van der Waals surface area contributed by atoms with Crippen LogP contribution >= 0.6 is 0 Å². The predicted octanol–water partition coefficient (Wildman–Crippen LogP) is 5.03. The molecule has 1 aliphatic heterocycles. The molecule has 1 aliphatic rings. The van der Waals surface area contributed by atoms with E-state index in [1.165, 1.54) is 37.0 Å². The Bertz CT molecular complexity index is 1200. The number of nitrogens with one attached hydrogen (secondary N) is 2. The van der Waals surface area contributed by atoms with Crippen LogP contribution in [0.2, 0.25) is 0 Å². The van der Waals surface area contributed by atoms with Crippen LogP contribution in [0.15, 0.2) is 77.7 Å². The van der Waals surface area contributed by atoms with E-state index in [-0.39, 0.29) is 10.8 Å². The van der Waals surface area contributed by atoms with E-state index in [4.69, 9.17) is 0 Å². The van der Waals surface area contributed by atoms with Gasteiger partial charge in [0.15, 0.2) is 0 Å². The van der Waals surface area contributed by atoms with Gasteiger partial charge in [-0.2, -0.15) is 0 Å². The number of hydrogen-bond acceptors (Lipinski definition) is 4. The van der Waals surface area contributed by atoms with Crippen LogP contribution in [0.5, 0.6) is 0 Å². The topological polar surface area (TPSA) is 78.5 Å². The lowest BCUT2D eigenvalue weighted by Crippen LogP contribution is -2.29. The van der Waals surface area contributed by atoms with Crippen molar-refractivity contribution in [2.45, 2.75) is 37.6 Å². The van der Waals surface area contributed by atoms with Crippen molar-refractivity contribution in [1.29, 1.82) is 0 Å². The van der Waals surface area contributed by atoms with Gasteiger partial charge >= 0.3 is 0 Å². The molecule has 0 spiro atoms. The zero-order valence-electron chi connectivity index (χ0n) is 18.8. The Kier molecular flexibility index (Phi) is 7.11. The van der Waals surface area contributed by atoms with Gasteiger partial charge in [-0.15, -0.1) is 0 Å². The number of rotatable bonds is 7. The quantitative estimate of drug-likeness (QED) is 0.515. The third-order valence-corrected chi connectivity index (χ3v) is 7.26. The molecule has 0 aliphatic carbocycles. The molecular weight excluding hydrogens is 434 g/mol. The van der Waals surface area contributed by atoms with E-state index in [1.54, 1.807) is 24.3 Å². The van der Waals surface area contributed by atoms with Crippen LogP contribution in [0.25, 0.3) is 0 Å². The molecule has 1 fully saturated rings. The van der Waals surface area contributed by atoms with E-state index in [1.807, 2.05) is 43.3 Å². The molecule has 6 nitrogen and oxygen atoms in total. The van der Waals surface area contributed by atoms with Crippen molar-refractivity contribution in [2.24, 2.45) is 0 Å². The van der Waals surface area contributed by atoms with Crippen LogP contribution < -0.4 is 10.0 Å². The van der Waals surface area contributed by atoms with Crippen molar-refractivity contribution in [3.05, 3.63) is 89.5 Å². The lowest BCUT2D eigenvalue weighted by atomic mass is 10.1. The van der Waals surface area contributed by atoms with Crippen LogP contribution in [0, 0.1) is 6.92 Å². The van der Waals surface area contributed by atoms with E-state index in [2.05, 4.69) is 14.9 Å². The van der Waals surface area contributed by atoms with E-state index >= 15 is 0 Å². The van der Waals surface area contributed by atoms with Crippen LogP contribution in [0.4, 0.5) is 11.4 Å². The average molecular weight is 464 g/mol. The number of para-hydroxylation sites is 1. The summed E-state index contributed by atoms with van der Waals surface area (Å²) in [6.45, 7) is 5.02. The molecule has 0 bridgehead atoms. The maximum atomic E-state index is 12.7. The second-order valence-electron chi connectivity index (χ2n) is 8.43. The highest BCUT2D eigenvalue weighted by molar-refractivity contribution is 7.92. The monoisotopic (exact) mass is 463 g/mol. The van der Waals surface area contributed by atoms with Gasteiger partial charge in [-0.3, -0.25) is 14.4 Å². The third-order valence-electron chi connectivity index (χ3n) is 5.88. The number of aryl methyl sites for hydroxylation is 1. The molecule has 33 heavy (non-hydrogen) atoms. The van der Waals surface area contributed by atoms with E-state index in [9.17, 15) is 13.2 Å². The fourth-order valence-electron chi connectivity index (χ4n) is 3.95. The summed E-state index contributed by atoms with van der Waals surface area (Å²) in [6.07, 6.45) is 3.82. The van der Waals surface area contributed by atoms with Gasteiger partial charge in [0.05, 0.1) is 10.6 Å². The Morgan fingerprint density at radius 2 is 1.55 bits per heavy atom. The number of carbonyl (C=O) groups is 1. The number of nitrogens with zero attached hydrogens (tertiary/aromatic N) is 1. The first-order chi connectivity index (χ1) is 15.9. The SMILES string of the molecule is Cc1ccccc1NS(=O)(=O)c1ccc(NC(=O)c2ccc(CN3CCCCC3)cc2)cc1. The molecule has 0 radical (unpaired) electrons. The number of amides is 1. The van der Waals surface area contributed by atoms with Gasteiger partial charge in [0.2, 0.25) is 0 Å². The third kappa shape index (κ3) is 6.00. The minimum atomic E-state index is -3.72. The van der Waals surface area contributed by atoms with Crippen molar-refractivity contribution < 1.29 is 13.2 Å². The summed E-state index contributed by atoms with van der Waals surface area (Å²) in [5.41, 5.74) is 3.68. The number of piperidine rings is 1. The molecule has 0 saturated carbocycles. The van der Waals surface area contributed by atoms with Gasteiger partial charge in [0.1, 0.15) is 0 Å². The summed E-state index contributed by atoms with van der Waals surface area (Å²) in [4.78, 5) is 15.2. The number of likely N-dealkylation sites (tertiary alicyclic amines) is 1. The molecule has 2 N–H and O–H groups in total. The molecule has 1 heterocycles. The van der Waals surface area contributed by atoms with Crippen LogP contribution in [0.3, 0.4) is 0 Å². The summed E-state index contributed by atoms with van der Waals surface area (Å²) >= 11 is 0. The molecule has 172 valence electrons. The Balaban J connectivity index is 1.37. The van der Waals surface area contributed by atoms with E-state index in [0.29, 0.717) is 16.9 Å². The highest BCUT2D eigenvalue weighted by atomic mass is 32.2. The van der Waals surface area contributed by atoms with Crippen molar-refractivity contribution in [3.8, 4) is 0 Å². The maximum absolute atomic E-state index is 12.7. The second kappa shape index (κ2) is 10.2. The molecule has 3 aromatic rings. The lowest BCUT2D eigenvalue weighted by Gasteiger charge is -2.26. The normalized spacial score (nSPS) is 14.6. The number of carbonyl (C=O) groups excluding carboxylic acids is 1. The molecule has 1 saturated heterocycles. The Labute approximate surface area is 195 Å². The lowest BCUT2D eigenvalue weighted by molar-refractivity contribution is 0.102. The van der Waals surface area contributed by atoms with Crippen LogP contribution in [0.1, 0.15) is 40.7 Å². The van der Waals surface area contributed by atoms with Crippen molar-refractivity contribution in [2.75, 3.05) is 23.1 Å². The van der Waals surface area contributed by atoms with Gasteiger partial charge < -0.3 is 5.32 Å². The zero-order valence-corrected chi connectivity index (χ0v) is 19.6. The smallest absolute Gasteiger partial charge is 0.261 e. The minimum absolute atomic E-state index is 0.130. The first-order valence-corrected chi connectivity index (χ1v) is 12.7. The number of hydrogen-bond donors (Lipinski definition) is 2. The molecule has 0 atom stereocenters. The predicted molar refractivity (Wildman–Crippen MR) is 132 cm³/mol. The first-order valence-electron chi connectivity index (χ1n) is 11.2. The minimum Gasteiger partial charge on any atom is -0.322 e. The van der Waals surface area contributed by atoms with E-state index < -0.39 is 10.0 Å². The van der Waals surface area contributed by atoms with Gasteiger partial charge in [-0.25, -0.2) is 8.42 Å². The largest absolute Gasteiger partial charge is 0.322 e. The van der Waals surface area contributed by atoms with Crippen molar-refractivity contribution in [1.82, 2.24) is 4.90 Å². The fourth-order valence-corrected chi connectivity index (χ4v) is 5.08.